The molecule has 0 spiro atoms. The summed E-state index contributed by atoms with van der Waals surface area (Å²) in [4.78, 5) is 0. The van der Waals surface area contributed by atoms with Crippen molar-refractivity contribution in [3.8, 4) is 0 Å². The number of nitrogen functional groups attached to an aromatic ring is 1. The Morgan fingerprint density at radius 3 is 2.23 bits per heavy atom. The number of alkyl halides is 3. The van der Waals surface area contributed by atoms with E-state index in [2.05, 4.69) is 0 Å². The molecule has 0 amide bonds. The molecular formula is C7H4F4IN. The van der Waals surface area contributed by atoms with Gasteiger partial charge in [-0.3, -0.25) is 0 Å². The first-order valence-corrected chi connectivity index (χ1v) is 4.22. The lowest BCUT2D eigenvalue weighted by Gasteiger charge is -2.09. The van der Waals surface area contributed by atoms with Gasteiger partial charge in [0.05, 0.1) is 11.3 Å². The van der Waals surface area contributed by atoms with Gasteiger partial charge >= 0.3 is 6.18 Å². The molecule has 1 aromatic rings. The van der Waals surface area contributed by atoms with Crippen LogP contribution in [0.25, 0.3) is 0 Å². The highest BCUT2D eigenvalue weighted by atomic mass is 127. The lowest BCUT2D eigenvalue weighted by atomic mass is 10.2. The van der Waals surface area contributed by atoms with Gasteiger partial charge in [0.25, 0.3) is 0 Å². The van der Waals surface area contributed by atoms with Crippen LogP contribution in [0.15, 0.2) is 12.1 Å². The van der Waals surface area contributed by atoms with E-state index in [0.717, 1.165) is 6.07 Å². The van der Waals surface area contributed by atoms with Crippen molar-refractivity contribution in [3.05, 3.63) is 27.1 Å². The van der Waals surface area contributed by atoms with Gasteiger partial charge < -0.3 is 5.73 Å². The quantitative estimate of drug-likeness (QED) is 0.445. The Balaban J connectivity index is 3.35. The van der Waals surface area contributed by atoms with Crippen LogP contribution in [0.4, 0.5) is 23.2 Å². The van der Waals surface area contributed by atoms with Crippen molar-refractivity contribution >= 4 is 28.3 Å². The summed E-state index contributed by atoms with van der Waals surface area (Å²) >= 11 is 1.66. The molecule has 0 saturated heterocycles. The maximum Gasteiger partial charge on any atom is 0.419 e. The molecule has 0 bridgehead atoms. The van der Waals surface area contributed by atoms with Gasteiger partial charge in [-0.2, -0.15) is 13.2 Å². The second-order valence-electron chi connectivity index (χ2n) is 2.32. The fourth-order valence-electron chi connectivity index (χ4n) is 0.788. The molecule has 2 N–H and O–H groups in total. The van der Waals surface area contributed by atoms with Gasteiger partial charge in [-0.05, 0) is 34.7 Å². The van der Waals surface area contributed by atoms with Crippen molar-refractivity contribution in [2.45, 2.75) is 6.18 Å². The molecule has 0 aliphatic rings. The Bertz CT molecular complexity index is 334. The van der Waals surface area contributed by atoms with Gasteiger partial charge in [0, 0.05) is 3.57 Å². The van der Waals surface area contributed by atoms with Crippen LogP contribution in [0.3, 0.4) is 0 Å². The highest BCUT2D eigenvalue weighted by Gasteiger charge is 2.35. The third-order valence-electron chi connectivity index (χ3n) is 1.43. The van der Waals surface area contributed by atoms with E-state index in [0.29, 0.717) is 6.07 Å². The Kier molecular flexibility index (Phi) is 2.69. The molecule has 1 rings (SSSR count). The largest absolute Gasteiger partial charge is 0.419 e. The average Bonchev–Trinajstić information content (AvgIpc) is 1.98. The third kappa shape index (κ3) is 2.04. The molecule has 0 unspecified atom stereocenters. The summed E-state index contributed by atoms with van der Waals surface area (Å²) in [6.07, 6.45) is -4.69. The third-order valence-corrected chi connectivity index (χ3v) is 2.37. The Hall–Kier alpha value is -0.530. The highest BCUT2D eigenvalue weighted by Crippen LogP contribution is 2.34. The smallest absolute Gasteiger partial charge is 0.395 e. The van der Waals surface area contributed by atoms with Gasteiger partial charge in [0.2, 0.25) is 0 Å². The first-order valence-electron chi connectivity index (χ1n) is 3.14. The zero-order valence-corrected chi connectivity index (χ0v) is 8.28. The normalized spacial score (nSPS) is 11.8. The van der Waals surface area contributed by atoms with Crippen LogP contribution in [0.5, 0.6) is 0 Å². The number of hydrogen-bond acceptors (Lipinski definition) is 1. The Morgan fingerprint density at radius 1 is 1.23 bits per heavy atom. The number of rotatable bonds is 0. The fourth-order valence-corrected chi connectivity index (χ4v) is 1.20. The van der Waals surface area contributed by atoms with E-state index in [9.17, 15) is 17.6 Å². The SMILES string of the molecule is Nc1c(I)ccc(C(F)(F)F)c1F. The number of benzene rings is 1. The van der Waals surface area contributed by atoms with E-state index in [1.54, 1.807) is 22.6 Å². The van der Waals surface area contributed by atoms with Gasteiger partial charge in [-0.15, -0.1) is 0 Å². The van der Waals surface area contributed by atoms with Gasteiger partial charge in [-0.25, -0.2) is 4.39 Å². The molecule has 0 heterocycles. The highest BCUT2D eigenvalue weighted by molar-refractivity contribution is 14.1. The second kappa shape index (κ2) is 3.32. The van der Waals surface area contributed by atoms with Crippen LogP contribution in [0.1, 0.15) is 5.56 Å². The predicted octanol–water partition coefficient (Wildman–Crippen LogP) is 3.03. The minimum Gasteiger partial charge on any atom is -0.395 e. The molecule has 72 valence electrons. The number of anilines is 1. The van der Waals surface area contributed by atoms with Crippen molar-refractivity contribution in [1.82, 2.24) is 0 Å². The molecule has 0 fully saturated rings. The average molecular weight is 305 g/mol. The van der Waals surface area contributed by atoms with E-state index in [-0.39, 0.29) is 3.57 Å². The van der Waals surface area contributed by atoms with Crippen molar-refractivity contribution in [2.24, 2.45) is 0 Å². The lowest BCUT2D eigenvalue weighted by Crippen LogP contribution is -2.10. The van der Waals surface area contributed by atoms with Gasteiger partial charge in [-0.1, -0.05) is 0 Å². The molecule has 0 aromatic heterocycles. The molecule has 0 atom stereocenters. The van der Waals surface area contributed by atoms with Gasteiger partial charge in [0.1, 0.15) is 0 Å². The van der Waals surface area contributed by atoms with Crippen molar-refractivity contribution in [2.75, 3.05) is 5.73 Å². The second-order valence-corrected chi connectivity index (χ2v) is 3.48. The molecule has 0 aliphatic heterocycles. The topological polar surface area (TPSA) is 26.0 Å². The maximum absolute atomic E-state index is 12.9. The first-order chi connectivity index (χ1) is 5.84. The minimum absolute atomic E-state index is 0.267. The van der Waals surface area contributed by atoms with E-state index in [1.807, 2.05) is 0 Å². The lowest BCUT2D eigenvalue weighted by molar-refractivity contribution is -0.139. The van der Waals surface area contributed by atoms with Crippen LogP contribution in [-0.4, -0.2) is 0 Å². The minimum atomic E-state index is -4.69. The van der Waals surface area contributed by atoms with Crippen LogP contribution < -0.4 is 5.73 Å². The Morgan fingerprint density at radius 2 is 1.77 bits per heavy atom. The van der Waals surface area contributed by atoms with Crippen LogP contribution in [0.2, 0.25) is 0 Å². The Labute approximate surface area is 85.1 Å². The van der Waals surface area contributed by atoms with E-state index >= 15 is 0 Å². The van der Waals surface area contributed by atoms with Gasteiger partial charge in [0.15, 0.2) is 5.82 Å². The zero-order chi connectivity index (χ0) is 10.2. The van der Waals surface area contributed by atoms with Crippen LogP contribution in [-0.2, 0) is 6.18 Å². The first kappa shape index (κ1) is 10.6. The van der Waals surface area contributed by atoms with E-state index < -0.39 is 23.2 Å². The summed E-state index contributed by atoms with van der Waals surface area (Å²) < 4.78 is 49.4. The molecule has 0 radical (unpaired) electrons. The van der Waals surface area contributed by atoms with Crippen molar-refractivity contribution in [1.29, 1.82) is 0 Å². The zero-order valence-electron chi connectivity index (χ0n) is 6.12. The number of nitrogens with two attached hydrogens (primary N) is 1. The summed E-state index contributed by atoms with van der Waals surface area (Å²) in [5.74, 6) is -1.40. The fraction of sp³-hybridized carbons (Fsp3) is 0.143. The summed E-state index contributed by atoms with van der Waals surface area (Å²) in [5, 5.41) is 0. The maximum atomic E-state index is 12.9. The summed E-state index contributed by atoms with van der Waals surface area (Å²) in [5.41, 5.74) is 3.31. The summed E-state index contributed by atoms with van der Waals surface area (Å²) in [6.45, 7) is 0. The molecule has 1 aromatic carbocycles. The predicted molar refractivity (Wildman–Crippen MR) is 48.5 cm³/mol. The monoisotopic (exact) mass is 305 g/mol. The summed E-state index contributed by atoms with van der Waals surface area (Å²) in [6, 6.07) is 1.80. The molecule has 0 aliphatic carbocycles. The number of halogens is 5. The number of hydrogen-bond donors (Lipinski definition) is 1. The molecule has 6 heteroatoms. The van der Waals surface area contributed by atoms with E-state index in [1.165, 1.54) is 0 Å². The van der Waals surface area contributed by atoms with E-state index in [4.69, 9.17) is 5.73 Å². The van der Waals surface area contributed by atoms with Crippen molar-refractivity contribution in [3.63, 3.8) is 0 Å². The van der Waals surface area contributed by atoms with Crippen LogP contribution in [0, 0.1) is 9.39 Å². The molecule has 1 nitrogen and oxygen atoms in total. The molecular weight excluding hydrogens is 301 g/mol. The standard InChI is InChI=1S/C7H4F4IN/c8-5-3(7(9,10)11)1-2-4(12)6(5)13/h1-2H,13H2. The summed E-state index contributed by atoms with van der Waals surface area (Å²) in [7, 11) is 0. The molecule has 0 saturated carbocycles. The van der Waals surface area contributed by atoms with Crippen LogP contribution >= 0.6 is 22.6 Å². The van der Waals surface area contributed by atoms with Crippen molar-refractivity contribution < 1.29 is 17.6 Å². The molecule has 13 heavy (non-hydrogen) atoms.